The van der Waals surface area contributed by atoms with Crippen molar-refractivity contribution < 1.29 is 30.7 Å². The lowest BCUT2D eigenvalue weighted by Gasteiger charge is -2.11. The van der Waals surface area contributed by atoms with Crippen molar-refractivity contribution in [2.45, 2.75) is 12.4 Å². The van der Waals surface area contributed by atoms with Crippen LogP contribution in [0, 0.1) is 5.95 Å². The second-order valence-corrected chi connectivity index (χ2v) is 6.61. The number of hydrogen-bond donors (Lipinski definition) is 1. The molecule has 0 saturated carbocycles. The minimum Gasteiger partial charge on any atom is -0.324 e. The Hall–Kier alpha value is -4.23. The van der Waals surface area contributed by atoms with Crippen molar-refractivity contribution in [2.24, 2.45) is 0 Å². The smallest absolute Gasteiger partial charge is 0.324 e. The highest BCUT2D eigenvalue weighted by Gasteiger charge is 2.33. The van der Waals surface area contributed by atoms with Crippen LogP contribution in [-0.4, -0.2) is 29.9 Å². The maximum absolute atomic E-state index is 13.6. The molecule has 4 rings (SSSR count). The van der Waals surface area contributed by atoms with Gasteiger partial charge in [0, 0.05) is 11.9 Å². The molecule has 0 spiro atoms. The van der Waals surface area contributed by atoms with Gasteiger partial charge >= 0.3 is 12.4 Å². The number of hydrogen-bond acceptors (Lipinski definition) is 7. The van der Waals surface area contributed by atoms with E-state index in [1.54, 1.807) is 0 Å². The van der Waals surface area contributed by atoms with Gasteiger partial charge in [-0.2, -0.15) is 40.7 Å². The molecule has 174 valence electrons. The summed E-state index contributed by atoms with van der Waals surface area (Å²) in [5.74, 6) is -1.83. The maximum Gasteiger partial charge on any atom is 0.433 e. The van der Waals surface area contributed by atoms with Gasteiger partial charge in [0.15, 0.2) is 11.6 Å². The van der Waals surface area contributed by atoms with Crippen LogP contribution in [0.2, 0.25) is 0 Å². The summed E-state index contributed by atoms with van der Waals surface area (Å²) >= 11 is 0. The summed E-state index contributed by atoms with van der Waals surface area (Å²) in [6.07, 6.45) is -8.57. The van der Waals surface area contributed by atoms with Gasteiger partial charge in [0.25, 0.3) is 0 Å². The molecule has 7 nitrogen and oxygen atoms in total. The highest BCUT2D eigenvalue weighted by Crippen LogP contribution is 2.31. The monoisotopic (exact) mass is 481 g/mol. The first-order chi connectivity index (χ1) is 16.0. The Morgan fingerprint density at radius 1 is 0.647 bits per heavy atom. The molecule has 0 unspecified atom stereocenters. The van der Waals surface area contributed by atoms with Crippen molar-refractivity contribution in [1.82, 2.24) is 29.9 Å². The maximum atomic E-state index is 13.6. The Labute approximate surface area is 185 Å². The third kappa shape index (κ3) is 5.22. The van der Waals surface area contributed by atoms with Gasteiger partial charge in [0.2, 0.25) is 11.9 Å². The van der Waals surface area contributed by atoms with Crippen LogP contribution in [0.25, 0.3) is 23.0 Å². The lowest BCUT2D eigenvalue weighted by atomic mass is 10.2. The molecule has 0 aliphatic rings. The molecule has 0 fully saturated rings. The Balaban J connectivity index is 1.82. The van der Waals surface area contributed by atoms with E-state index in [1.165, 1.54) is 24.3 Å². The molecule has 0 saturated heterocycles. The van der Waals surface area contributed by atoms with E-state index in [1.807, 2.05) is 0 Å². The van der Waals surface area contributed by atoms with Crippen LogP contribution in [0.1, 0.15) is 11.4 Å². The largest absolute Gasteiger partial charge is 0.433 e. The van der Waals surface area contributed by atoms with Crippen LogP contribution in [0.15, 0.2) is 54.7 Å². The lowest BCUT2D eigenvalue weighted by molar-refractivity contribution is -0.141. The molecular formula is C20H10F7N7. The summed E-state index contributed by atoms with van der Waals surface area (Å²) in [7, 11) is 0. The van der Waals surface area contributed by atoms with E-state index in [2.05, 4.69) is 35.2 Å². The Kier molecular flexibility index (Phi) is 5.81. The zero-order valence-electron chi connectivity index (χ0n) is 16.5. The first-order valence-corrected chi connectivity index (χ1v) is 9.23. The number of nitrogens with zero attached hydrogens (tertiary/aromatic N) is 6. The van der Waals surface area contributed by atoms with E-state index in [-0.39, 0.29) is 34.7 Å². The first-order valence-electron chi connectivity index (χ1n) is 9.23. The molecule has 14 heteroatoms. The minimum absolute atomic E-state index is 0.0932. The second kappa shape index (κ2) is 8.61. The van der Waals surface area contributed by atoms with Crippen LogP contribution in [0.3, 0.4) is 0 Å². The van der Waals surface area contributed by atoms with E-state index in [9.17, 15) is 30.7 Å². The quantitative estimate of drug-likeness (QED) is 0.312. The van der Waals surface area contributed by atoms with Gasteiger partial charge < -0.3 is 5.32 Å². The summed E-state index contributed by atoms with van der Waals surface area (Å²) in [5, 5.41) is 2.52. The van der Waals surface area contributed by atoms with Gasteiger partial charge in [-0.1, -0.05) is 12.1 Å². The topological polar surface area (TPSA) is 89.4 Å². The molecule has 4 aromatic heterocycles. The number of rotatable bonds is 4. The fourth-order valence-electron chi connectivity index (χ4n) is 2.70. The van der Waals surface area contributed by atoms with E-state index in [0.29, 0.717) is 6.07 Å². The minimum atomic E-state index is -4.75. The van der Waals surface area contributed by atoms with E-state index in [4.69, 9.17) is 0 Å². The lowest BCUT2D eigenvalue weighted by Crippen LogP contribution is -2.10. The number of alkyl halides is 6. The first kappa shape index (κ1) is 22.9. The average molecular weight is 481 g/mol. The number of nitrogens with one attached hydrogen (secondary N) is 1. The van der Waals surface area contributed by atoms with Gasteiger partial charge in [0.05, 0.1) is 0 Å². The molecule has 34 heavy (non-hydrogen) atoms. The molecular weight excluding hydrogens is 471 g/mol. The zero-order chi connectivity index (χ0) is 24.5. The van der Waals surface area contributed by atoms with E-state index < -0.39 is 29.7 Å². The third-order valence-corrected chi connectivity index (χ3v) is 4.15. The number of pyridine rings is 3. The standard InChI is InChI=1S/C20H10F7N7/c21-15-6-2-4-12(31-15)17-32-16(11-3-1-5-13(30-11)19(22,23)24)33-18(34-17)29-10-7-8-28-14(9-10)20(25,26)27/h1-9H,(H,28,29,32,33,34). The molecule has 0 aliphatic heterocycles. The molecule has 0 aliphatic carbocycles. The predicted molar refractivity (Wildman–Crippen MR) is 104 cm³/mol. The molecule has 0 atom stereocenters. The zero-order valence-corrected chi connectivity index (χ0v) is 16.5. The van der Waals surface area contributed by atoms with Crippen LogP contribution < -0.4 is 5.32 Å². The molecule has 1 N–H and O–H groups in total. The molecule has 4 aromatic rings. The van der Waals surface area contributed by atoms with Gasteiger partial charge in [-0.25, -0.2) is 15.0 Å². The van der Waals surface area contributed by atoms with Crippen molar-refractivity contribution in [3.05, 3.63) is 72.1 Å². The highest BCUT2D eigenvalue weighted by molar-refractivity contribution is 5.61. The van der Waals surface area contributed by atoms with E-state index >= 15 is 0 Å². The summed E-state index contributed by atoms with van der Waals surface area (Å²) in [6, 6.07) is 8.59. The Morgan fingerprint density at radius 3 is 1.88 bits per heavy atom. The number of aromatic nitrogens is 6. The van der Waals surface area contributed by atoms with Gasteiger partial charge in [-0.15, -0.1) is 0 Å². The summed E-state index contributed by atoms with van der Waals surface area (Å²) in [5.41, 5.74) is -2.92. The Bertz CT molecular complexity index is 1340. The molecule has 0 amide bonds. The summed E-state index contributed by atoms with van der Waals surface area (Å²) in [4.78, 5) is 22.4. The SMILES string of the molecule is Fc1cccc(-c2nc(Nc3ccnc(C(F)(F)F)c3)nc(-c3cccc(C(F)(F)F)n3)n2)n1. The molecule has 4 heterocycles. The highest BCUT2D eigenvalue weighted by atomic mass is 19.4. The Morgan fingerprint density at radius 2 is 1.26 bits per heavy atom. The molecule has 0 aromatic carbocycles. The summed E-state index contributed by atoms with van der Waals surface area (Å²) in [6.45, 7) is 0. The van der Waals surface area contributed by atoms with Crippen molar-refractivity contribution >= 4 is 11.6 Å². The van der Waals surface area contributed by atoms with Gasteiger partial charge in [0.1, 0.15) is 22.8 Å². The predicted octanol–water partition coefficient (Wildman–Crippen LogP) is 5.31. The van der Waals surface area contributed by atoms with Crippen molar-refractivity contribution in [2.75, 3.05) is 5.32 Å². The van der Waals surface area contributed by atoms with Crippen LogP contribution in [0.4, 0.5) is 42.4 Å². The van der Waals surface area contributed by atoms with Gasteiger partial charge in [-0.3, -0.25) is 4.98 Å². The summed E-state index contributed by atoms with van der Waals surface area (Å²) < 4.78 is 91.8. The van der Waals surface area contributed by atoms with Crippen molar-refractivity contribution in [3.8, 4) is 23.0 Å². The van der Waals surface area contributed by atoms with Crippen LogP contribution in [-0.2, 0) is 12.4 Å². The second-order valence-electron chi connectivity index (χ2n) is 6.61. The van der Waals surface area contributed by atoms with E-state index in [0.717, 1.165) is 24.4 Å². The normalized spacial score (nSPS) is 12.0. The molecule has 0 radical (unpaired) electrons. The van der Waals surface area contributed by atoms with Gasteiger partial charge in [-0.05, 0) is 36.4 Å². The molecule has 0 bridgehead atoms. The fourth-order valence-corrected chi connectivity index (χ4v) is 2.70. The van der Waals surface area contributed by atoms with Crippen LogP contribution in [0.5, 0.6) is 0 Å². The average Bonchev–Trinajstić information content (AvgIpc) is 2.78. The van der Waals surface area contributed by atoms with Crippen LogP contribution >= 0.6 is 0 Å². The number of halogens is 7. The van der Waals surface area contributed by atoms with Crippen molar-refractivity contribution in [3.63, 3.8) is 0 Å². The number of anilines is 2. The third-order valence-electron chi connectivity index (χ3n) is 4.15. The van der Waals surface area contributed by atoms with Crippen molar-refractivity contribution in [1.29, 1.82) is 0 Å². The fraction of sp³-hybridized carbons (Fsp3) is 0.100.